The van der Waals surface area contributed by atoms with Gasteiger partial charge in [0.1, 0.15) is 12.0 Å². The summed E-state index contributed by atoms with van der Waals surface area (Å²) in [6.45, 7) is 3.24. The van der Waals surface area contributed by atoms with Crippen LogP contribution in [0.4, 0.5) is 17.3 Å². The monoisotopic (exact) mass is 375 g/mol. The van der Waals surface area contributed by atoms with Crippen LogP contribution < -0.4 is 25.4 Å². The van der Waals surface area contributed by atoms with Gasteiger partial charge in [-0.3, -0.25) is 0 Å². The first kappa shape index (κ1) is 19.0. The van der Waals surface area contributed by atoms with Gasteiger partial charge in [0.15, 0.2) is 23.1 Å². The largest absolute Gasteiger partial charge is 0.454 e. The van der Waals surface area contributed by atoms with Gasteiger partial charge >= 0.3 is 0 Å². The van der Waals surface area contributed by atoms with Crippen LogP contribution in [-0.4, -0.2) is 57.3 Å². The highest BCUT2D eigenvalue weighted by molar-refractivity contribution is 5.75. The zero-order valence-corrected chi connectivity index (χ0v) is 15.6. The predicted octanol–water partition coefficient (Wildman–Crippen LogP) is 1.50. The summed E-state index contributed by atoms with van der Waals surface area (Å²) in [5, 5.41) is 3.27. The predicted molar refractivity (Wildman–Crippen MR) is 102 cm³/mol. The lowest BCUT2D eigenvalue weighted by atomic mass is 10.2. The minimum atomic E-state index is 0.257. The van der Waals surface area contributed by atoms with E-state index in [9.17, 15) is 0 Å². The first-order valence-electron chi connectivity index (χ1n) is 8.68. The Hall–Kier alpha value is -2.78. The number of ether oxygens (including phenoxy) is 4. The van der Waals surface area contributed by atoms with Crippen LogP contribution in [0.1, 0.15) is 5.56 Å². The molecule has 0 aliphatic carbocycles. The van der Waals surface area contributed by atoms with Crippen LogP contribution in [0.2, 0.25) is 0 Å². The molecule has 146 valence electrons. The van der Waals surface area contributed by atoms with Gasteiger partial charge in [-0.1, -0.05) is 6.07 Å². The van der Waals surface area contributed by atoms with Crippen LogP contribution in [0.15, 0.2) is 24.5 Å². The number of aromatic nitrogens is 2. The lowest BCUT2D eigenvalue weighted by molar-refractivity contribution is 0.174. The second-order valence-corrected chi connectivity index (χ2v) is 5.97. The average Bonchev–Trinajstić information content (AvgIpc) is 3.15. The number of nitrogens with two attached hydrogens (primary N) is 1. The van der Waals surface area contributed by atoms with Crippen LogP contribution in [0.3, 0.4) is 0 Å². The highest BCUT2D eigenvalue weighted by Crippen LogP contribution is 2.33. The second kappa shape index (κ2) is 9.24. The number of hydrogen-bond acceptors (Lipinski definition) is 9. The smallest absolute Gasteiger partial charge is 0.231 e. The van der Waals surface area contributed by atoms with Crippen molar-refractivity contribution >= 4 is 17.3 Å². The molecule has 0 spiro atoms. The van der Waals surface area contributed by atoms with Crippen molar-refractivity contribution in [3.05, 3.63) is 30.1 Å². The molecule has 1 aromatic carbocycles. The quantitative estimate of drug-likeness (QED) is 0.639. The maximum Gasteiger partial charge on any atom is 0.231 e. The Morgan fingerprint density at radius 2 is 1.85 bits per heavy atom. The zero-order valence-electron chi connectivity index (χ0n) is 15.6. The highest BCUT2D eigenvalue weighted by atomic mass is 16.7. The lowest BCUT2D eigenvalue weighted by Gasteiger charge is -2.25. The number of nitrogen functional groups attached to an aromatic ring is 1. The minimum absolute atomic E-state index is 0.257. The Bertz CT molecular complexity index is 751. The molecule has 3 rings (SSSR count). The molecule has 0 saturated carbocycles. The van der Waals surface area contributed by atoms with Crippen LogP contribution in [0.25, 0.3) is 0 Å². The zero-order chi connectivity index (χ0) is 19.1. The average molecular weight is 375 g/mol. The van der Waals surface area contributed by atoms with Crippen molar-refractivity contribution in [1.82, 2.24) is 9.97 Å². The molecule has 27 heavy (non-hydrogen) atoms. The van der Waals surface area contributed by atoms with Crippen molar-refractivity contribution in [1.29, 1.82) is 0 Å². The molecule has 0 amide bonds. The molecule has 1 aliphatic heterocycles. The Labute approximate surface area is 158 Å². The van der Waals surface area contributed by atoms with E-state index >= 15 is 0 Å². The summed E-state index contributed by atoms with van der Waals surface area (Å²) < 4.78 is 21.1. The molecular weight excluding hydrogens is 350 g/mol. The van der Waals surface area contributed by atoms with E-state index in [0.29, 0.717) is 50.2 Å². The molecule has 9 nitrogen and oxygen atoms in total. The molecule has 0 fully saturated rings. The Morgan fingerprint density at radius 3 is 2.59 bits per heavy atom. The van der Waals surface area contributed by atoms with Gasteiger partial charge in [-0.2, -0.15) is 0 Å². The maximum absolute atomic E-state index is 6.33. The molecule has 0 saturated heterocycles. The summed E-state index contributed by atoms with van der Waals surface area (Å²) in [7, 11) is 3.33. The Morgan fingerprint density at radius 1 is 1.11 bits per heavy atom. The van der Waals surface area contributed by atoms with E-state index in [1.54, 1.807) is 14.2 Å². The van der Waals surface area contributed by atoms with Gasteiger partial charge in [0.2, 0.25) is 6.79 Å². The third-order valence-electron chi connectivity index (χ3n) is 4.19. The van der Waals surface area contributed by atoms with Crippen molar-refractivity contribution < 1.29 is 18.9 Å². The van der Waals surface area contributed by atoms with Crippen molar-refractivity contribution in [3.63, 3.8) is 0 Å². The lowest BCUT2D eigenvalue weighted by Crippen LogP contribution is -2.32. The number of rotatable bonds is 10. The molecule has 2 heterocycles. The molecule has 3 N–H and O–H groups in total. The summed E-state index contributed by atoms with van der Waals surface area (Å²) in [5.74, 6) is 2.75. The van der Waals surface area contributed by atoms with Gasteiger partial charge in [0, 0.05) is 33.9 Å². The number of hydrogen-bond donors (Lipinski definition) is 2. The van der Waals surface area contributed by atoms with E-state index in [1.807, 2.05) is 23.1 Å². The van der Waals surface area contributed by atoms with Gasteiger partial charge in [-0.25, -0.2) is 9.97 Å². The third kappa shape index (κ3) is 4.69. The van der Waals surface area contributed by atoms with E-state index in [1.165, 1.54) is 6.33 Å². The van der Waals surface area contributed by atoms with Gasteiger partial charge in [0.05, 0.1) is 13.2 Å². The molecule has 0 bridgehead atoms. The van der Waals surface area contributed by atoms with Gasteiger partial charge in [0.25, 0.3) is 0 Å². The van der Waals surface area contributed by atoms with Gasteiger partial charge in [-0.15, -0.1) is 0 Å². The van der Waals surface area contributed by atoms with E-state index in [0.717, 1.165) is 17.1 Å². The molecule has 1 aromatic heterocycles. The van der Waals surface area contributed by atoms with E-state index in [-0.39, 0.29) is 6.79 Å². The molecular formula is C18H25N5O4. The summed E-state index contributed by atoms with van der Waals surface area (Å²) in [5.41, 5.74) is 7.85. The fourth-order valence-corrected chi connectivity index (χ4v) is 2.74. The fourth-order valence-electron chi connectivity index (χ4n) is 2.74. The summed E-state index contributed by atoms with van der Waals surface area (Å²) in [6.07, 6.45) is 1.50. The van der Waals surface area contributed by atoms with Crippen LogP contribution in [0, 0.1) is 0 Å². The van der Waals surface area contributed by atoms with Crippen molar-refractivity contribution in [2.24, 2.45) is 0 Å². The number of fused-ring (bicyclic) bond motifs is 1. The number of methoxy groups -OCH3 is 2. The van der Waals surface area contributed by atoms with Gasteiger partial charge < -0.3 is 34.9 Å². The van der Waals surface area contributed by atoms with E-state index < -0.39 is 0 Å². The standard InChI is InChI=1S/C18H25N5O4/c1-24-7-5-23(6-8-25-2)18-16(19)17(21-11-22-18)20-10-13-3-4-14-15(9-13)27-12-26-14/h3-4,9,11H,5-8,10,12,19H2,1-2H3,(H,20,21,22). The third-order valence-corrected chi connectivity index (χ3v) is 4.19. The number of nitrogens with zero attached hydrogens (tertiary/aromatic N) is 3. The van der Waals surface area contributed by atoms with Gasteiger partial charge in [-0.05, 0) is 17.7 Å². The summed E-state index contributed by atoms with van der Waals surface area (Å²) in [6, 6.07) is 5.81. The summed E-state index contributed by atoms with van der Waals surface area (Å²) >= 11 is 0. The fraction of sp³-hybridized carbons (Fsp3) is 0.444. The molecule has 0 atom stereocenters. The molecule has 0 radical (unpaired) electrons. The highest BCUT2D eigenvalue weighted by Gasteiger charge is 2.16. The maximum atomic E-state index is 6.33. The topological polar surface area (TPSA) is 104 Å². The van der Waals surface area contributed by atoms with Crippen LogP contribution in [-0.2, 0) is 16.0 Å². The molecule has 1 aliphatic rings. The molecule has 0 unspecified atom stereocenters. The van der Waals surface area contributed by atoms with E-state index in [4.69, 9.17) is 24.7 Å². The SMILES string of the molecule is COCCN(CCOC)c1ncnc(NCc2ccc3c(c2)OCO3)c1N. The first-order chi connectivity index (χ1) is 13.2. The van der Waals surface area contributed by atoms with E-state index in [2.05, 4.69) is 15.3 Å². The Kier molecular flexibility index (Phi) is 6.50. The Balaban J connectivity index is 1.71. The van der Waals surface area contributed by atoms with Crippen molar-refractivity contribution in [2.45, 2.75) is 6.54 Å². The normalized spacial score (nSPS) is 12.2. The summed E-state index contributed by atoms with van der Waals surface area (Å²) in [4.78, 5) is 10.7. The van der Waals surface area contributed by atoms with Crippen molar-refractivity contribution in [2.75, 3.05) is 63.3 Å². The molecule has 9 heteroatoms. The minimum Gasteiger partial charge on any atom is -0.454 e. The second-order valence-electron chi connectivity index (χ2n) is 5.97. The number of anilines is 3. The first-order valence-corrected chi connectivity index (χ1v) is 8.68. The van der Waals surface area contributed by atoms with Crippen molar-refractivity contribution in [3.8, 4) is 11.5 Å². The van der Waals surface area contributed by atoms with Crippen LogP contribution in [0.5, 0.6) is 11.5 Å². The molecule has 2 aromatic rings. The number of nitrogens with one attached hydrogen (secondary N) is 1. The van der Waals surface area contributed by atoms with Crippen LogP contribution >= 0.6 is 0 Å². The number of benzene rings is 1.